The standard InChI is InChI=1S/C14H8BrFN2O2/c15-11-4-2-1-3-9(11)13-17-14(20-18-13)10-7-8(16)5-6-12(10)19/h1-7,19H. The molecule has 3 rings (SSSR count). The van der Waals surface area contributed by atoms with Crippen LogP contribution in [0.25, 0.3) is 22.8 Å². The van der Waals surface area contributed by atoms with Crippen molar-refractivity contribution in [1.82, 2.24) is 10.1 Å². The summed E-state index contributed by atoms with van der Waals surface area (Å²) in [6.07, 6.45) is 0. The molecule has 0 fully saturated rings. The van der Waals surface area contributed by atoms with Gasteiger partial charge in [0.2, 0.25) is 5.82 Å². The topological polar surface area (TPSA) is 59.2 Å². The van der Waals surface area contributed by atoms with Crippen LogP contribution in [0.15, 0.2) is 51.5 Å². The number of aromatic hydroxyl groups is 1. The van der Waals surface area contributed by atoms with Gasteiger partial charge in [-0.3, -0.25) is 0 Å². The highest BCUT2D eigenvalue weighted by Crippen LogP contribution is 2.31. The number of hydrogen-bond acceptors (Lipinski definition) is 4. The minimum atomic E-state index is -0.488. The van der Waals surface area contributed by atoms with Crippen molar-refractivity contribution in [2.45, 2.75) is 0 Å². The lowest BCUT2D eigenvalue weighted by molar-refractivity contribution is 0.425. The van der Waals surface area contributed by atoms with Crippen LogP contribution in [0.1, 0.15) is 0 Å². The zero-order chi connectivity index (χ0) is 14.1. The van der Waals surface area contributed by atoms with E-state index in [1.165, 1.54) is 6.07 Å². The van der Waals surface area contributed by atoms with Gasteiger partial charge < -0.3 is 9.63 Å². The van der Waals surface area contributed by atoms with E-state index in [9.17, 15) is 9.50 Å². The predicted molar refractivity (Wildman–Crippen MR) is 74.5 cm³/mol. The Kier molecular flexibility index (Phi) is 3.23. The van der Waals surface area contributed by atoms with Crippen molar-refractivity contribution in [1.29, 1.82) is 0 Å². The molecule has 0 spiro atoms. The second-order valence-electron chi connectivity index (χ2n) is 4.06. The first-order valence-electron chi connectivity index (χ1n) is 5.72. The van der Waals surface area contributed by atoms with E-state index in [1.54, 1.807) is 0 Å². The first-order valence-corrected chi connectivity index (χ1v) is 6.52. The summed E-state index contributed by atoms with van der Waals surface area (Å²) >= 11 is 3.39. The molecule has 1 heterocycles. The Balaban J connectivity index is 2.07. The molecule has 1 aromatic heterocycles. The average molecular weight is 335 g/mol. The lowest BCUT2D eigenvalue weighted by atomic mass is 10.2. The van der Waals surface area contributed by atoms with Crippen LogP contribution in [0, 0.1) is 5.82 Å². The van der Waals surface area contributed by atoms with Crippen LogP contribution in [-0.4, -0.2) is 15.2 Å². The van der Waals surface area contributed by atoms with Crippen molar-refractivity contribution in [2.75, 3.05) is 0 Å². The summed E-state index contributed by atoms with van der Waals surface area (Å²) in [4.78, 5) is 4.18. The molecule has 0 bridgehead atoms. The van der Waals surface area contributed by atoms with E-state index in [0.717, 1.165) is 22.2 Å². The van der Waals surface area contributed by atoms with E-state index >= 15 is 0 Å². The molecule has 0 amide bonds. The van der Waals surface area contributed by atoms with E-state index in [-0.39, 0.29) is 17.2 Å². The molecular weight excluding hydrogens is 327 g/mol. The van der Waals surface area contributed by atoms with Gasteiger partial charge in [-0.1, -0.05) is 33.2 Å². The van der Waals surface area contributed by atoms with Crippen molar-refractivity contribution in [2.24, 2.45) is 0 Å². The Bertz CT molecular complexity index is 773. The van der Waals surface area contributed by atoms with Crippen LogP contribution >= 0.6 is 15.9 Å². The molecule has 0 aliphatic carbocycles. The number of aromatic nitrogens is 2. The van der Waals surface area contributed by atoms with Crippen molar-refractivity contribution < 1.29 is 14.0 Å². The maximum atomic E-state index is 13.2. The van der Waals surface area contributed by atoms with Gasteiger partial charge in [0.25, 0.3) is 5.89 Å². The van der Waals surface area contributed by atoms with Crippen LogP contribution in [-0.2, 0) is 0 Å². The summed E-state index contributed by atoms with van der Waals surface area (Å²) in [6.45, 7) is 0. The highest BCUT2D eigenvalue weighted by molar-refractivity contribution is 9.10. The molecule has 1 N–H and O–H groups in total. The van der Waals surface area contributed by atoms with Gasteiger partial charge in [0, 0.05) is 10.0 Å². The van der Waals surface area contributed by atoms with Gasteiger partial charge in [-0.25, -0.2) is 4.39 Å². The number of nitrogens with zero attached hydrogens (tertiary/aromatic N) is 2. The monoisotopic (exact) mass is 334 g/mol. The van der Waals surface area contributed by atoms with Crippen LogP contribution in [0.4, 0.5) is 4.39 Å². The summed E-state index contributed by atoms with van der Waals surface area (Å²) < 4.78 is 19.1. The molecule has 0 unspecified atom stereocenters. The highest BCUT2D eigenvalue weighted by atomic mass is 79.9. The minimum absolute atomic E-state index is 0.0627. The van der Waals surface area contributed by atoms with Crippen molar-refractivity contribution in [3.05, 3.63) is 52.8 Å². The van der Waals surface area contributed by atoms with Gasteiger partial charge in [0.15, 0.2) is 0 Å². The van der Waals surface area contributed by atoms with Crippen LogP contribution < -0.4 is 0 Å². The molecule has 0 aliphatic heterocycles. The molecule has 100 valence electrons. The van der Waals surface area contributed by atoms with Gasteiger partial charge in [-0.15, -0.1) is 0 Å². The van der Waals surface area contributed by atoms with E-state index < -0.39 is 5.82 Å². The Morgan fingerprint density at radius 3 is 2.70 bits per heavy atom. The quantitative estimate of drug-likeness (QED) is 0.769. The van der Waals surface area contributed by atoms with Crippen molar-refractivity contribution in [3.8, 4) is 28.6 Å². The molecular formula is C14H8BrFN2O2. The Morgan fingerprint density at radius 1 is 1.10 bits per heavy atom. The lowest BCUT2D eigenvalue weighted by Gasteiger charge is -1.98. The van der Waals surface area contributed by atoms with Gasteiger partial charge >= 0.3 is 0 Å². The van der Waals surface area contributed by atoms with Gasteiger partial charge in [0.05, 0.1) is 5.56 Å². The fraction of sp³-hybridized carbons (Fsp3) is 0. The Labute approximate surface area is 122 Å². The van der Waals surface area contributed by atoms with Crippen LogP contribution in [0.2, 0.25) is 0 Å². The molecule has 0 saturated heterocycles. The molecule has 0 atom stereocenters. The smallest absolute Gasteiger partial charge is 0.262 e. The maximum Gasteiger partial charge on any atom is 0.262 e. The Morgan fingerprint density at radius 2 is 1.90 bits per heavy atom. The molecule has 2 aromatic carbocycles. The fourth-order valence-electron chi connectivity index (χ4n) is 1.76. The zero-order valence-corrected chi connectivity index (χ0v) is 11.6. The van der Waals surface area contributed by atoms with Crippen LogP contribution in [0.5, 0.6) is 5.75 Å². The SMILES string of the molecule is Oc1ccc(F)cc1-c1nc(-c2ccccc2Br)no1. The number of phenolic OH excluding ortho intramolecular Hbond substituents is 1. The number of phenols is 1. The average Bonchev–Trinajstić information content (AvgIpc) is 2.91. The van der Waals surface area contributed by atoms with Crippen LogP contribution in [0.3, 0.4) is 0 Å². The molecule has 3 aromatic rings. The van der Waals surface area contributed by atoms with E-state index in [2.05, 4.69) is 26.1 Å². The largest absolute Gasteiger partial charge is 0.507 e. The number of hydrogen-bond donors (Lipinski definition) is 1. The summed E-state index contributed by atoms with van der Waals surface area (Å²) in [5, 5.41) is 13.6. The van der Waals surface area contributed by atoms with Gasteiger partial charge in [-0.05, 0) is 30.3 Å². The van der Waals surface area contributed by atoms with E-state index in [0.29, 0.717) is 5.82 Å². The molecule has 4 nitrogen and oxygen atoms in total. The third-order valence-corrected chi connectivity index (χ3v) is 3.42. The first kappa shape index (κ1) is 12.8. The second-order valence-corrected chi connectivity index (χ2v) is 4.92. The fourth-order valence-corrected chi connectivity index (χ4v) is 2.23. The normalized spacial score (nSPS) is 10.7. The number of rotatable bonds is 2. The molecule has 6 heteroatoms. The number of benzene rings is 2. The summed E-state index contributed by atoms with van der Waals surface area (Å²) in [5.74, 6) is -0.184. The zero-order valence-electron chi connectivity index (χ0n) is 10.0. The molecule has 0 radical (unpaired) electrons. The number of halogens is 2. The Hall–Kier alpha value is -2.21. The van der Waals surface area contributed by atoms with E-state index in [4.69, 9.17) is 4.52 Å². The lowest BCUT2D eigenvalue weighted by Crippen LogP contribution is -1.84. The minimum Gasteiger partial charge on any atom is -0.507 e. The molecule has 0 saturated carbocycles. The second kappa shape index (κ2) is 5.05. The van der Waals surface area contributed by atoms with Gasteiger partial charge in [-0.2, -0.15) is 4.98 Å². The molecule has 0 aliphatic rings. The summed E-state index contributed by atoms with van der Waals surface area (Å²) in [7, 11) is 0. The molecule has 20 heavy (non-hydrogen) atoms. The van der Waals surface area contributed by atoms with Crippen molar-refractivity contribution >= 4 is 15.9 Å². The van der Waals surface area contributed by atoms with E-state index in [1.807, 2.05) is 24.3 Å². The highest BCUT2D eigenvalue weighted by Gasteiger charge is 2.16. The maximum absolute atomic E-state index is 13.2. The third kappa shape index (κ3) is 2.30. The van der Waals surface area contributed by atoms with Gasteiger partial charge in [0.1, 0.15) is 11.6 Å². The first-order chi connectivity index (χ1) is 9.65. The van der Waals surface area contributed by atoms with Crippen molar-refractivity contribution in [3.63, 3.8) is 0 Å². The summed E-state index contributed by atoms with van der Waals surface area (Å²) in [6, 6.07) is 10.9. The summed E-state index contributed by atoms with van der Waals surface area (Å²) in [5.41, 5.74) is 0.911. The third-order valence-electron chi connectivity index (χ3n) is 2.73. The predicted octanol–water partition coefficient (Wildman–Crippen LogP) is 4.01.